The molecule has 1 N–H and O–H groups in total. The minimum Gasteiger partial charge on any atom is -0.443 e. The first kappa shape index (κ1) is 12.7. The predicted molar refractivity (Wildman–Crippen MR) is 72.3 cm³/mol. The number of rotatable bonds is 5. The van der Waals surface area contributed by atoms with Crippen molar-refractivity contribution in [3.8, 4) is 11.3 Å². The number of hydrogen-bond acceptors (Lipinski definition) is 4. The molecular formula is C13H14N2O2S. The van der Waals surface area contributed by atoms with Crippen LogP contribution >= 0.6 is 12.6 Å². The van der Waals surface area contributed by atoms with E-state index in [2.05, 4.69) is 22.9 Å². The third kappa shape index (κ3) is 3.13. The van der Waals surface area contributed by atoms with Crippen LogP contribution in [0.4, 0.5) is 0 Å². The highest BCUT2D eigenvalue weighted by atomic mass is 32.1. The molecular weight excluding hydrogens is 248 g/mol. The number of oxazole rings is 1. The number of nitrogens with one attached hydrogen (secondary N) is 1. The first-order valence-corrected chi connectivity index (χ1v) is 6.30. The van der Waals surface area contributed by atoms with Crippen LogP contribution in [-0.2, 0) is 11.3 Å². The first-order valence-electron chi connectivity index (χ1n) is 5.66. The average Bonchev–Trinajstić information content (AvgIpc) is 2.86. The molecule has 1 amide bonds. The van der Waals surface area contributed by atoms with Crippen molar-refractivity contribution in [2.45, 2.75) is 13.0 Å². The first-order chi connectivity index (χ1) is 8.81. The molecule has 0 atom stereocenters. The number of benzene rings is 1. The van der Waals surface area contributed by atoms with Gasteiger partial charge in [0, 0.05) is 12.0 Å². The minimum atomic E-state index is -0.0352. The van der Waals surface area contributed by atoms with Crippen molar-refractivity contribution >= 4 is 18.5 Å². The summed E-state index contributed by atoms with van der Waals surface area (Å²) in [5.74, 6) is 1.20. The fourth-order valence-corrected chi connectivity index (χ4v) is 1.79. The van der Waals surface area contributed by atoms with Gasteiger partial charge in [-0.1, -0.05) is 30.3 Å². The van der Waals surface area contributed by atoms with E-state index >= 15 is 0 Å². The van der Waals surface area contributed by atoms with Crippen LogP contribution < -0.4 is 5.32 Å². The second-order valence-corrected chi connectivity index (χ2v) is 4.19. The molecule has 2 rings (SSSR count). The van der Waals surface area contributed by atoms with E-state index in [0.717, 1.165) is 11.3 Å². The molecule has 1 aromatic heterocycles. The lowest BCUT2D eigenvalue weighted by atomic mass is 10.1. The average molecular weight is 262 g/mol. The van der Waals surface area contributed by atoms with Crippen molar-refractivity contribution in [2.24, 2.45) is 0 Å². The Bertz CT molecular complexity index is 511. The fourth-order valence-electron chi connectivity index (χ4n) is 1.59. The maximum atomic E-state index is 11.4. The summed E-state index contributed by atoms with van der Waals surface area (Å²) in [5.41, 5.74) is 1.68. The van der Waals surface area contributed by atoms with Gasteiger partial charge < -0.3 is 9.73 Å². The SMILES string of the molecule is O=C(CCS)NCc1ncoc1-c1ccccc1. The molecule has 0 spiro atoms. The van der Waals surface area contributed by atoms with Crippen LogP contribution in [0.25, 0.3) is 11.3 Å². The van der Waals surface area contributed by atoms with Gasteiger partial charge >= 0.3 is 0 Å². The molecule has 94 valence electrons. The maximum absolute atomic E-state index is 11.4. The molecule has 0 aliphatic heterocycles. The number of thiol groups is 1. The standard InChI is InChI=1S/C13H14N2O2S/c16-12(6-7-18)14-8-11-13(17-9-15-11)10-4-2-1-3-5-10/h1-5,9,18H,6-8H2,(H,14,16). The summed E-state index contributed by atoms with van der Waals surface area (Å²) in [6, 6.07) is 9.69. The summed E-state index contributed by atoms with van der Waals surface area (Å²) in [6.45, 7) is 0.368. The van der Waals surface area contributed by atoms with Gasteiger partial charge in [0.05, 0.1) is 6.54 Å². The number of nitrogens with zero attached hydrogens (tertiary/aromatic N) is 1. The van der Waals surface area contributed by atoms with Gasteiger partial charge in [-0.25, -0.2) is 4.98 Å². The van der Waals surface area contributed by atoms with E-state index < -0.39 is 0 Å². The number of carbonyl (C=O) groups excluding carboxylic acids is 1. The monoisotopic (exact) mass is 262 g/mol. The van der Waals surface area contributed by atoms with E-state index in [-0.39, 0.29) is 5.91 Å². The summed E-state index contributed by atoms with van der Waals surface area (Å²) in [6.07, 6.45) is 1.80. The lowest BCUT2D eigenvalue weighted by molar-refractivity contribution is -0.120. The molecule has 0 bridgehead atoms. The Morgan fingerprint density at radius 2 is 2.11 bits per heavy atom. The Morgan fingerprint density at radius 3 is 2.83 bits per heavy atom. The second kappa shape index (κ2) is 6.26. The van der Waals surface area contributed by atoms with Gasteiger partial charge in [-0.3, -0.25) is 4.79 Å². The molecule has 0 saturated heterocycles. The van der Waals surface area contributed by atoms with Gasteiger partial charge in [-0.2, -0.15) is 12.6 Å². The number of aromatic nitrogens is 1. The number of hydrogen-bond donors (Lipinski definition) is 2. The van der Waals surface area contributed by atoms with Crippen LogP contribution in [0, 0.1) is 0 Å². The molecule has 1 heterocycles. The maximum Gasteiger partial charge on any atom is 0.221 e. The molecule has 5 heteroatoms. The van der Waals surface area contributed by atoms with Crippen molar-refractivity contribution in [3.63, 3.8) is 0 Å². The van der Waals surface area contributed by atoms with E-state index in [9.17, 15) is 4.79 Å². The van der Waals surface area contributed by atoms with Crippen molar-refractivity contribution in [1.29, 1.82) is 0 Å². The summed E-state index contributed by atoms with van der Waals surface area (Å²) >= 11 is 4.01. The van der Waals surface area contributed by atoms with Crippen molar-refractivity contribution in [1.82, 2.24) is 10.3 Å². The molecule has 0 radical (unpaired) electrons. The highest BCUT2D eigenvalue weighted by Gasteiger charge is 2.11. The van der Waals surface area contributed by atoms with Crippen molar-refractivity contribution in [2.75, 3.05) is 5.75 Å². The topological polar surface area (TPSA) is 55.1 Å². The lowest BCUT2D eigenvalue weighted by Gasteiger charge is -2.03. The largest absolute Gasteiger partial charge is 0.443 e. The summed E-state index contributed by atoms with van der Waals surface area (Å²) in [7, 11) is 0. The van der Waals surface area contributed by atoms with E-state index in [0.29, 0.717) is 24.5 Å². The van der Waals surface area contributed by atoms with E-state index in [4.69, 9.17) is 4.42 Å². The van der Waals surface area contributed by atoms with Gasteiger partial charge in [0.2, 0.25) is 5.91 Å². The molecule has 1 aromatic carbocycles. The van der Waals surface area contributed by atoms with Crippen LogP contribution in [-0.4, -0.2) is 16.6 Å². The van der Waals surface area contributed by atoms with E-state index in [1.807, 2.05) is 30.3 Å². The Balaban J connectivity index is 2.07. The Labute approximate surface area is 111 Å². The Kier molecular flexibility index (Phi) is 4.41. The van der Waals surface area contributed by atoms with Gasteiger partial charge in [-0.15, -0.1) is 0 Å². The molecule has 0 aliphatic rings. The van der Waals surface area contributed by atoms with E-state index in [1.54, 1.807) is 0 Å². The zero-order chi connectivity index (χ0) is 12.8. The van der Waals surface area contributed by atoms with Crippen LogP contribution in [0.3, 0.4) is 0 Å². The van der Waals surface area contributed by atoms with E-state index in [1.165, 1.54) is 6.39 Å². The summed E-state index contributed by atoms with van der Waals surface area (Å²) < 4.78 is 5.37. The highest BCUT2D eigenvalue weighted by Crippen LogP contribution is 2.22. The van der Waals surface area contributed by atoms with Gasteiger partial charge in [-0.05, 0) is 5.75 Å². The second-order valence-electron chi connectivity index (χ2n) is 3.74. The smallest absolute Gasteiger partial charge is 0.221 e. The summed E-state index contributed by atoms with van der Waals surface area (Å²) in [5, 5.41) is 2.79. The van der Waals surface area contributed by atoms with Crippen LogP contribution in [0.1, 0.15) is 12.1 Å². The van der Waals surface area contributed by atoms with Crippen LogP contribution in [0.5, 0.6) is 0 Å². The van der Waals surface area contributed by atoms with Crippen LogP contribution in [0.2, 0.25) is 0 Å². The predicted octanol–water partition coefficient (Wildman–Crippen LogP) is 2.28. The molecule has 0 unspecified atom stereocenters. The number of carbonyl (C=O) groups is 1. The van der Waals surface area contributed by atoms with Gasteiger partial charge in [0.1, 0.15) is 5.69 Å². The van der Waals surface area contributed by atoms with Crippen molar-refractivity contribution < 1.29 is 9.21 Å². The minimum absolute atomic E-state index is 0.0352. The lowest BCUT2D eigenvalue weighted by Crippen LogP contribution is -2.23. The fraction of sp³-hybridized carbons (Fsp3) is 0.231. The number of amides is 1. The van der Waals surface area contributed by atoms with Crippen molar-refractivity contribution in [3.05, 3.63) is 42.4 Å². The molecule has 0 aliphatic carbocycles. The normalized spacial score (nSPS) is 10.3. The third-order valence-corrected chi connectivity index (χ3v) is 2.69. The molecule has 0 saturated carbocycles. The summed E-state index contributed by atoms with van der Waals surface area (Å²) in [4.78, 5) is 15.5. The van der Waals surface area contributed by atoms with Gasteiger partial charge in [0.25, 0.3) is 0 Å². The Hall–Kier alpha value is -1.75. The molecule has 0 fully saturated rings. The zero-order valence-electron chi connectivity index (χ0n) is 9.80. The highest BCUT2D eigenvalue weighted by molar-refractivity contribution is 7.80. The quantitative estimate of drug-likeness (QED) is 0.813. The van der Waals surface area contributed by atoms with Gasteiger partial charge in [0.15, 0.2) is 12.2 Å². The third-order valence-electron chi connectivity index (χ3n) is 2.47. The Morgan fingerprint density at radius 1 is 1.33 bits per heavy atom. The molecule has 18 heavy (non-hydrogen) atoms. The zero-order valence-corrected chi connectivity index (χ0v) is 10.7. The molecule has 2 aromatic rings. The molecule has 4 nitrogen and oxygen atoms in total. The van der Waals surface area contributed by atoms with Crippen LogP contribution in [0.15, 0.2) is 41.1 Å².